The quantitative estimate of drug-likeness (QED) is 0.788. The van der Waals surface area contributed by atoms with Gasteiger partial charge in [0, 0.05) is 6.07 Å². The highest BCUT2D eigenvalue weighted by atomic mass is 35.5. The number of halogens is 4. The van der Waals surface area contributed by atoms with Gasteiger partial charge >= 0.3 is 6.36 Å². The molecule has 19 heavy (non-hydrogen) atoms. The number of rotatable bonds is 3. The Bertz CT molecular complexity index is 556. The van der Waals surface area contributed by atoms with E-state index in [1.165, 1.54) is 12.1 Å². The van der Waals surface area contributed by atoms with Gasteiger partial charge in [0.05, 0.1) is 5.02 Å². The Balaban J connectivity index is 2.15. The highest BCUT2D eigenvalue weighted by molar-refractivity contribution is 6.32. The van der Waals surface area contributed by atoms with Crippen LogP contribution in [0, 0.1) is 0 Å². The summed E-state index contributed by atoms with van der Waals surface area (Å²) in [5.74, 6) is 0.420. The summed E-state index contributed by atoms with van der Waals surface area (Å²) in [6, 6.07) is 12.5. The predicted octanol–water partition coefficient (Wildman–Crippen LogP) is 5.03. The fourth-order valence-corrected chi connectivity index (χ4v) is 1.59. The topological polar surface area (TPSA) is 18.5 Å². The molecule has 0 amide bonds. The lowest BCUT2D eigenvalue weighted by Crippen LogP contribution is -2.17. The van der Waals surface area contributed by atoms with Gasteiger partial charge in [0.25, 0.3) is 0 Å². The average Bonchev–Trinajstić information content (AvgIpc) is 2.33. The maximum Gasteiger partial charge on any atom is 0.573 e. The molecule has 2 aromatic carbocycles. The van der Waals surface area contributed by atoms with Gasteiger partial charge in [-0.25, -0.2) is 0 Å². The van der Waals surface area contributed by atoms with Gasteiger partial charge in [-0.2, -0.15) is 0 Å². The van der Waals surface area contributed by atoms with Crippen molar-refractivity contribution in [3.8, 4) is 17.2 Å². The Kier molecular flexibility index (Phi) is 3.85. The Hall–Kier alpha value is -1.88. The first-order chi connectivity index (χ1) is 8.94. The Morgan fingerprint density at radius 3 is 2.16 bits per heavy atom. The SMILES string of the molecule is FC(F)(F)Oc1ccc(Oc2ccccc2)cc1Cl. The molecular weight excluding hydrogens is 281 g/mol. The van der Waals surface area contributed by atoms with E-state index in [0.29, 0.717) is 11.5 Å². The van der Waals surface area contributed by atoms with E-state index in [-0.39, 0.29) is 5.02 Å². The molecule has 0 unspecified atom stereocenters. The number of benzene rings is 2. The molecule has 0 radical (unpaired) electrons. The van der Waals surface area contributed by atoms with E-state index < -0.39 is 12.1 Å². The summed E-state index contributed by atoms with van der Waals surface area (Å²) in [5, 5.41) is -0.175. The second-order valence-corrected chi connectivity index (χ2v) is 3.96. The molecule has 0 aliphatic carbocycles. The van der Waals surface area contributed by atoms with Crippen molar-refractivity contribution in [3.05, 3.63) is 53.6 Å². The molecule has 100 valence electrons. The smallest absolute Gasteiger partial charge is 0.457 e. The van der Waals surface area contributed by atoms with Gasteiger partial charge < -0.3 is 9.47 Å². The van der Waals surface area contributed by atoms with E-state index >= 15 is 0 Å². The minimum absolute atomic E-state index is 0.175. The summed E-state index contributed by atoms with van der Waals surface area (Å²) >= 11 is 5.70. The average molecular weight is 289 g/mol. The fourth-order valence-electron chi connectivity index (χ4n) is 1.38. The lowest BCUT2D eigenvalue weighted by Gasteiger charge is -2.11. The largest absolute Gasteiger partial charge is 0.573 e. The molecule has 0 bridgehead atoms. The van der Waals surface area contributed by atoms with E-state index in [1.807, 2.05) is 6.07 Å². The minimum Gasteiger partial charge on any atom is -0.457 e. The van der Waals surface area contributed by atoms with Crippen molar-refractivity contribution in [1.82, 2.24) is 0 Å². The zero-order valence-electron chi connectivity index (χ0n) is 9.45. The van der Waals surface area contributed by atoms with Gasteiger partial charge in [0.1, 0.15) is 17.2 Å². The van der Waals surface area contributed by atoms with Crippen LogP contribution in [0.2, 0.25) is 5.02 Å². The van der Waals surface area contributed by atoms with E-state index in [9.17, 15) is 13.2 Å². The van der Waals surface area contributed by atoms with Crippen molar-refractivity contribution in [2.45, 2.75) is 6.36 Å². The third kappa shape index (κ3) is 4.06. The van der Waals surface area contributed by atoms with Crippen LogP contribution in [0.4, 0.5) is 13.2 Å². The van der Waals surface area contributed by atoms with Crippen LogP contribution >= 0.6 is 11.6 Å². The van der Waals surface area contributed by atoms with Crippen LogP contribution in [-0.2, 0) is 0 Å². The normalized spacial score (nSPS) is 11.2. The van der Waals surface area contributed by atoms with Crippen LogP contribution in [0.3, 0.4) is 0 Å². The summed E-state index contributed by atoms with van der Waals surface area (Å²) in [7, 11) is 0. The van der Waals surface area contributed by atoms with E-state index in [2.05, 4.69) is 4.74 Å². The number of hydrogen-bond donors (Lipinski definition) is 0. The van der Waals surface area contributed by atoms with Crippen LogP contribution in [0.25, 0.3) is 0 Å². The summed E-state index contributed by atoms with van der Waals surface area (Å²) < 4.78 is 45.3. The molecule has 6 heteroatoms. The maximum absolute atomic E-state index is 12.1. The van der Waals surface area contributed by atoms with Gasteiger partial charge in [-0.3, -0.25) is 0 Å². The zero-order valence-corrected chi connectivity index (χ0v) is 10.2. The van der Waals surface area contributed by atoms with Crippen molar-refractivity contribution in [1.29, 1.82) is 0 Å². The molecule has 0 aromatic heterocycles. The number of hydrogen-bond acceptors (Lipinski definition) is 2. The Labute approximate surface area is 112 Å². The second kappa shape index (κ2) is 5.40. The zero-order chi connectivity index (χ0) is 13.9. The molecule has 0 heterocycles. The van der Waals surface area contributed by atoms with Crippen LogP contribution in [0.5, 0.6) is 17.2 Å². The van der Waals surface area contributed by atoms with Crippen LogP contribution in [-0.4, -0.2) is 6.36 Å². The summed E-state index contributed by atoms with van der Waals surface area (Å²) in [4.78, 5) is 0. The molecular formula is C13H8ClF3O2. The first-order valence-electron chi connectivity index (χ1n) is 5.22. The van der Waals surface area contributed by atoms with E-state index in [4.69, 9.17) is 16.3 Å². The van der Waals surface area contributed by atoms with Crippen molar-refractivity contribution in [2.75, 3.05) is 0 Å². The monoisotopic (exact) mass is 288 g/mol. The summed E-state index contributed by atoms with van der Waals surface area (Å²) in [5.41, 5.74) is 0. The van der Waals surface area contributed by atoms with Crippen LogP contribution < -0.4 is 9.47 Å². The van der Waals surface area contributed by atoms with Crippen LogP contribution in [0.15, 0.2) is 48.5 Å². The van der Waals surface area contributed by atoms with Gasteiger partial charge in [-0.05, 0) is 24.3 Å². The molecule has 0 aliphatic heterocycles. The summed E-state index contributed by atoms with van der Waals surface area (Å²) in [6.45, 7) is 0. The molecule has 0 fully saturated rings. The molecule has 0 spiro atoms. The van der Waals surface area contributed by atoms with E-state index in [1.54, 1.807) is 24.3 Å². The second-order valence-electron chi connectivity index (χ2n) is 3.56. The molecule has 0 N–H and O–H groups in total. The first-order valence-corrected chi connectivity index (χ1v) is 5.60. The number of alkyl halides is 3. The van der Waals surface area contributed by atoms with Gasteiger partial charge in [0.2, 0.25) is 0 Å². The van der Waals surface area contributed by atoms with Crippen LogP contribution in [0.1, 0.15) is 0 Å². The standard InChI is InChI=1S/C13H8ClF3O2/c14-11-8-10(18-9-4-2-1-3-5-9)6-7-12(11)19-13(15,16)17/h1-8H. The first kappa shape index (κ1) is 13.5. The third-order valence-corrected chi connectivity index (χ3v) is 2.40. The highest BCUT2D eigenvalue weighted by Crippen LogP contribution is 2.34. The third-order valence-electron chi connectivity index (χ3n) is 2.11. The molecule has 0 saturated heterocycles. The lowest BCUT2D eigenvalue weighted by molar-refractivity contribution is -0.274. The highest BCUT2D eigenvalue weighted by Gasteiger charge is 2.32. The van der Waals surface area contributed by atoms with Gasteiger partial charge in [-0.15, -0.1) is 13.2 Å². The predicted molar refractivity (Wildman–Crippen MR) is 64.7 cm³/mol. The van der Waals surface area contributed by atoms with Crippen molar-refractivity contribution in [3.63, 3.8) is 0 Å². The number of para-hydroxylation sites is 1. The fraction of sp³-hybridized carbons (Fsp3) is 0.0769. The number of ether oxygens (including phenoxy) is 2. The maximum atomic E-state index is 12.1. The lowest BCUT2D eigenvalue weighted by atomic mass is 10.3. The van der Waals surface area contributed by atoms with E-state index in [0.717, 1.165) is 6.07 Å². The van der Waals surface area contributed by atoms with Gasteiger partial charge in [-0.1, -0.05) is 29.8 Å². The van der Waals surface area contributed by atoms with Crippen molar-refractivity contribution in [2.24, 2.45) is 0 Å². The molecule has 2 nitrogen and oxygen atoms in total. The Morgan fingerprint density at radius 2 is 1.58 bits per heavy atom. The molecule has 0 saturated carbocycles. The summed E-state index contributed by atoms with van der Waals surface area (Å²) in [6.07, 6.45) is -4.77. The molecule has 0 aliphatic rings. The molecule has 0 atom stereocenters. The van der Waals surface area contributed by atoms with Crippen molar-refractivity contribution >= 4 is 11.6 Å². The van der Waals surface area contributed by atoms with Crippen molar-refractivity contribution < 1.29 is 22.6 Å². The minimum atomic E-state index is -4.77. The Morgan fingerprint density at radius 1 is 0.895 bits per heavy atom. The van der Waals surface area contributed by atoms with Gasteiger partial charge in [0.15, 0.2) is 0 Å². The molecule has 2 rings (SSSR count). The molecule has 2 aromatic rings.